The lowest BCUT2D eigenvalue weighted by Gasteiger charge is -2.16. The minimum atomic E-state index is -0.944. The zero-order chi connectivity index (χ0) is 29.4. The van der Waals surface area contributed by atoms with Crippen molar-refractivity contribution < 1.29 is 19.4 Å². The topological polar surface area (TPSA) is 66.4 Å². The zero-order valence-electron chi connectivity index (χ0n) is 26.6. The molecule has 0 heterocycles. The smallest absolute Gasteiger partial charge is 0.306 e. The average Bonchev–Trinajstić information content (AvgIpc) is 2.93. The minimum absolute atomic E-state index is 0.00774. The van der Waals surface area contributed by atoms with Gasteiger partial charge in [0.1, 0.15) is 6.10 Å². The Balaban J connectivity index is 3.91. The van der Waals surface area contributed by atoms with Crippen molar-refractivity contribution in [3.8, 4) is 0 Å². The van der Waals surface area contributed by atoms with Gasteiger partial charge in [-0.15, -0.1) is 0 Å². The molecule has 1 unspecified atom stereocenters. The van der Waals surface area contributed by atoms with E-state index in [1.165, 1.54) is 89.9 Å². The number of aliphatic carboxylic acids is 1. The molecular weight excluding hydrogens is 496 g/mol. The SMILES string of the molecule is CCCCCCCC/C=C/CCCCCCCC(=O)OC(C/C=C/CCCCCCCC(=O)[O-])CCCCCC. The number of esters is 1. The second-order valence-electron chi connectivity index (χ2n) is 11.7. The van der Waals surface area contributed by atoms with E-state index in [9.17, 15) is 14.7 Å². The van der Waals surface area contributed by atoms with Gasteiger partial charge in [-0.05, 0) is 70.6 Å². The molecule has 40 heavy (non-hydrogen) atoms. The number of carboxylic acids is 1. The van der Waals surface area contributed by atoms with Crippen LogP contribution < -0.4 is 5.11 Å². The number of carbonyl (C=O) groups excluding carboxylic acids is 2. The minimum Gasteiger partial charge on any atom is -0.550 e. The van der Waals surface area contributed by atoms with Gasteiger partial charge in [0, 0.05) is 18.8 Å². The summed E-state index contributed by atoms with van der Waals surface area (Å²) in [6, 6.07) is 0. The predicted molar refractivity (Wildman–Crippen MR) is 169 cm³/mol. The van der Waals surface area contributed by atoms with Gasteiger partial charge in [-0.2, -0.15) is 0 Å². The molecule has 0 N–H and O–H groups in total. The van der Waals surface area contributed by atoms with Crippen LogP contribution in [0.5, 0.6) is 0 Å². The van der Waals surface area contributed by atoms with Crippen LogP contribution in [0.4, 0.5) is 0 Å². The first kappa shape index (κ1) is 38.4. The summed E-state index contributed by atoms with van der Waals surface area (Å²) >= 11 is 0. The van der Waals surface area contributed by atoms with E-state index in [2.05, 4.69) is 38.2 Å². The first-order valence-corrected chi connectivity index (χ1v) is 17.3. The Bertz CT molecular complexity index is 610. The molecule has 0 rings (SSSR count). The molecular formula is C36H65O4-. The number of carboxylic acid groups (broad SMARTS) is 1. The van der Waals surface area contributed by atoms with Crippen LogP contribution in [0, 0.1) is 0 Å². The number of ether oxygens (including phenoxy) is 1. The average molecular weight is 562 g/mol. The number of unbranched alkanes of at least 4 members (excludes halogenated alkanes) is 19. The Kier molecular flexibility index (Phi) is 30.7. The highest BCUT2D eigenvalue weighted by atomic mass is 16.5. The van der Waals surface area contributed by atoms with Crippen molar-refractivity contribution in [2.24, 2.45) is 0 Å². The molecule has 0 aliphatic rings. The Hall–Kier alpha value is -1.58. The van der Waals surface area contributed by atoms with Crippen molar-refractivity contribution >= 4 is 11.9 Å². The zero-order valence-corrected chi connectivity index (χ0v) is 26.6. The van der Waals surface area contributed by atoms with E-state index in [-0.39, 0.29) is 18.5 Å². The van der Waals surface area contributed by atoms with Crippen LogP contribution in [0.15, 0.2) is 24.3 Å². The summed E-state index contributed by atoms with van der Waals surface area (Å²) in [7, 11) is 0. The highest BCUT2D eigenvalue weighted by molar-refractivity contribution is 5.69. The first-order chi connectivity index (χ1) is 19.6. The van der Waals surface area contributed by atoms with Crippen LogP contribution in [-0.4, -0.2) is 18.0 Å². The molecule has 0 amide bonds. The quantitative estimate of drug-likeness (QED) is 0.0479. The van der Waals surface area contributed by atoms with Gasteiger partial charge in [-0.1, -0.05) is 128 Å². The Morgan fingerprint density at radius 2 is 0.975 bits per heavy atom. The van der Waals surface area contributed by atoms with E-state index >= 15 is 0 Å². The molecule has 0 spiro atoms. The second kappa shape index (κ2) is 31.9. The molecule has 0 aromatic heterocycles. The molecule has 4 nitrogen and oxygen atoms in total. The molecule has 4 heteroatoms. The van der Waals surface area contributed by atoms with Gasteiger partial charge in [-0.25, -0.2) is 0 Å². The van der Waals surface area contributed by atoms with Gasteiger partial charge in [0.05, 0.1) is 0 Å². The van der Waals surface area contributed by atoms with E-state index in [0.29, 0.717) is 6.42 Å². The number of carbonyl (C=O) groups is 2. The van der Waals surface area contributed by atoms with Gasteiger partial charge >= 0.3 is 5.97 Å². The third-order valence-electron chi connectivity index (χ3n) is 7.64. The fourth-order valence-corrected chi connectivity index (χ4v) is 5.04. The number of rotatable bonds is 31. The van der Waals surface area contributed by atoms with E-state index in [1.807, 2.05) is 0 Å². The van der Waals surface area contributed by atoms with Crippen LogP contribution in [0.3, 0.4) is 0 Å². The van der Waals surface area contributed by atoms with Crippen molar-refractivity contribution in [1.29, 1.82) is 0 Å². The summed E-state index contributed by atoms with van der Waals surface area (Å²) in [5.41, 5.74) is 0. The van der Waals surface area contributed by atoms with Crippen molar-refractivity contribution in [3.05, 3.63) is 24.3 Å². The molecule has 0 aliphatic heterocycles. The van der Waals surface area contributed by atoms with Crippen molar-refractivity contribution in [1.82, 2.24) is 0 Å². The summed E-state index contributed by atoms with van der Waals surface area (Å²) in [6.45, 7) is 4.49. The van der Waals surface area contributed by atoms with E-state index in [0.717, 1.165) is 70.6 Å². The monoisotopic (exact) mass is 561 g/mol. The van der Waals surface area contributed by atoms with Gasteiger partial charge < -0.3 is 14.6 Å². The molecule has 0 saturated heterocycles. The largest absolute Gasteiger partial charge is 0.550 e. The van der Waals surface area contributed by atoms with E-state index in [4.69, 9.17) is 4.74 Å². The lowest BCUT2D eigenvalue weighted by atomic mass is 10.1. The van der Waals surface area contributed by atoms with Crippen LogP contribution >= 0.6 is 0 Å². The van der Waals surface area contributed by atoms with Crippen LogP contribution in [0.2, 0.25) is 0 Å². The predicted octanol–water partition coefficient (Wildman–Crippen LogP) is 10.3. The molecule has 234 valence electrons. The second-order valence-corrected chi connectivity index (χ2v) is 11.7. The summed E-state index contributed by atoms with van der Waals surface area (Å²) in [5.74, 6) is -0.969. The third kappa shape index (κ3) is 31.0. The molecule has 1 atom stereocenters. The molecule has 0 bridgehead atoms. The normalized spacial score (nSPS) is 12.4. The lowest BCUT2D eigenvalue weighted by molar-refractivity contribution is -0.305. The summed E-state index contributed by atoms with van der Waals surface area (Å²) in [6.07, 6.45) is 38.9. The first-order valence-electron chi connectivity index (χ1n) is 17.3. The summed E-state index contributed by atoms with van der Waals surface area (Å²) in [4.78, 5) is 22.9. The van der Waals surface area contributed by atoms with Crippen molar-refractivity contribution in [2.75, 3.05) is 0 Å². The molecule has 0 fully saturated rings. The van der Waals surface area contributed by atoms with Gasteiger partial charge in [0.25, 0.3) is 0 Å². The number of hydrogen-bond acceptors (Lipinski definition) is 4. The maximum atomic E-state index is 12.5. The Labute approximate surface area is 248 Å². The maximum absolute atomic E-state index is 12.5. The summed E-state index contributed by atoms with van der Waals surface area (Å²) in [5, 5.41) is 10.4. The van der Waals surface area contributed by atoms with Gasteiger partial charge in [0.15, 0.2) is 0 Å². The van der Waals surface area contributed by atoms with Crippen LogP contribution in [-0.2, 0) is 14.3 Å². The van der Waals surface area contributed by atoms with Crippen LogP contribution in [0.1, 0.15) is 187 Å². The summed E-state index contributed by atoms with van der Waals surface area (Å²) < 4.78 is 5.89. The van der Waals surface area contributed by atoms with Crippen molar-refractivity contribution in [3.63, 3.8) is 0 Å². The Morgan fingerprint density at radius 1 is 0.550 bits per heavy atom. The molecule has 0 aromatic rings. The highest BCUT2D eigenvalue weighted by Gasteiger charge is 2.13. The van der Waals surface area contributed by atoms with Gasteiger partial charge in [-0.3, -0.25) is 4.79 Å². The molecule has 0 aromatic carbocycles. The molecule has 0 saturated carbocycles. The number of hydrogen-bond donors (Lipinski definition) is 0. The van der Waals surface area contributed by atoms with Crippen molar-refractivity contribution in [2.45, 2.75) is 193 Å². The third-order valence-corrected chi connectivity index (χ3v) is 7.64. The van der Waals surface area contributed by atoms with Gasteiger partial charge in [0.2, 0.25) is 0 Å². The van der Waals surface area contributed by atoms with E-state index in [1.54, 1.807) is 0 Å². The Morgan fingerprint density at radius 3 is 1.50 bits per heavy atom. The number of allylic oxidation sites excluding steroid dienone is 3. The molecule has 0 radical (unpaired) electrons. The standard InChI is InChI=1S/C36H66O4/c1-3-5-7-9-10-11-12-13-14-15-16-17-22-25-29-33-36(39)40-34(30-26-8-6-4-2)31-27-23-20-18-19-21-24-28-32-35(37)38/h13-14,23,27,34H,3-12,15-22,24-26,28-33H2,1-2H3,(H,37,38)/p-1/b14-13+,27-23+. The lowest BCUT2D eigenvalue weighted by Crippen LogP contribution is -2.21. The molecule has 0 aliphatic carbocycles. The highest BCUT2D eigenvalue weighted by Crippen LogP contribution is 2.16. The van der Waals surface area contributed by atoms with Crippen LogP contribution in [0.25, 0.3) is 0 Å². The fraction of sp³-hybridized carbons (Fsp3) is 0.833. The van der Waals surface area contributed by atoms with E-state index < -0.39 is 5.97 Å². The maximum Gasteiger partial charge on any atom is 0.306 e. The fourth-order valence-electron chi connectivity index (χ4n) is 5.04.